The van der Waals surface area contributed by atoms with Gasteiger partial charge in [-0.25, -0.2) is 18.0 Å². The topological polar surface area (TPSA) is 52.6 Å². The second-order valence-electron chi connectivity index (χ2n) is 6.70. The average Bonchev–Trinajstić information content (AvgIpc) is 2.64. The van der Waals surface area contributed by atoms with Crippen molar-refractivity contribution >= 4 is 11.9 Å². The van der Waals surface area contributed by atoms with Gasteiger partial charge < -0.3 is 9.47 Å². The van der Waals surface area contributed by atoms with Gasteiger partial charge in [-0.15, -0.1) is 0 Å². The van der Waals surface area contributed by atoms with Gasteiger partial charge in [0.2, 0.25) is 5.60 Å². The second kappa shape index (κ2) is 4.36. The Hall–Kier alpha value is -1.27. The van der Waals surface area contributed by atoms with Gasteiger partial charge in [0.1, 0.15) is 6.61 Å². The Morgan fingerprint density at radius 3 is 2.33 bits per heavy atom. The molecule has 1 aliphatic heterocycles. The van der Waals surface area contributed by atoms with Crippen LogP contribution in [0.5, 0.6) is 0 Å². The Balaban J connectivity index is 2.15. The lowest BCUT2D eigenvalue weighted by Gasteiger charge is -2.34. The molecule has 0 aromatic rings. The van der Waals surface area contributed by atoms with Crippen molar-refractivity contribution in [1.82, 2.24) is 0 Å². The van der Waals surface area contributed by atoms with E-state index in [4.69, 9.17) is 9.47 Å². The van der Waals surface area contributed by atoms with Gasteiger partial charge in [0, 0.05) is 12.3 Å². The number of rotatable bonds is 4. The van der Waals surface area contributed by atoms with Crippen LogP contribution in [0, 0.1) is 10.8 Å². The Morgan fingerprint density at radius 1 is 1.38 bits per heavy atom. The third kappa shape index (κ3) is 1.96. The summed E-state index contributed by atoms with van der Waals surface area (Å²) in [5.74, 6) is -5.05. The normalized spacial score (nSPS) is 35.5. The molecule has 0 aromatic carbocycles. The van der Waals surface area contributed by atoms with E-state index in [1.165, 1.54) is 0 Å². The number of esters is 2. The van der Waals surface area contributed by atoms with E-state index >= 15 is 0 Å². The third-order valence-corrected chi connectivity index (χ3v) is 5.32. The number of halogens is 3. The minimum absolute atomic E-state index is 0.251. The zero-order chi connectivity index (χ0) is 16.3. The first kappa shape index (κ1) is 16.1. The predicted molar refractivity (Wildman–Crippen MR) is 66.4 cm³/mol. The minimum Gasteiger partial charge on any atom is -0.459 e. The van der Waals surface area contributed by atoms with Crippen molar-refractivity contribution in [3.8, 4) is 0 Å². The Bertz CT molecular complexity index is 485. The van der Waals surface area contributed by atoms with Crippen LogP contribution in [0.3, 0.4) is 0 Å². The largest absolute Gasteiger partial charge is 0.459 e. The summed E-state index contributed by atoms with van der Waals surface area (Å²) >= 11 is 0. The second-order valence-corrected chi connectivity index (χ2v) is 6.70. The summed E-state index contributed by atoms with van der Waals surface area (Å²) in [6.45, 7) is 4.46. The number of carbonyl (C=O) groups is 2. The molecule has 0 aromatic heterocycles. The average molecular weight is 308 g/mol. The lowest BCUT2D eigenvalue weighted by molar-refractivity contribution is -0.187. The molecule has 1 aliphatic carbocycles. The highest BCUT2D eigenvalue weighted by Gasteiger charge is 2.76. The molecule has 2 aliphatic rings. The fraction of sp³-hybridized carbons (Fsp3) is 0.857. The number of alkyl halides is 3. The maximum atomic E-state index is 13.2. The lowest BCUT2D eigenvalue weighted by Crippen LogP contribution is -2.49. The van der Waals surface area contributed by atoms with E-state index in [1.54, 1.807) is 20.8 Å². The van der Waals surface area contributed by atoms with Crippen LogP contribution < -0.4 is 0 Å². The van der Waals surface area contributed by atoms with Gasteiger partial charge >= 0.3 is 11.9 Å². The van der Waals surface area contributed by atoms with E-state index in [9.17, 15) is 22.8 Å². The lowest BCUT2D eigenvalue weighted by atomic mass is 9.66. The van der Waals surface area contributed by atoms with E-state index < -0.39 is 47.1 Å². The van der Waals surface area contributed by atoms with Crippen LogP contribution in [0.4, 0.5) is 13.2 Å². The van der Waals surface area contributed by atoms with Crippen molar-refractivity contribution in [2.45, 2.75) is 58.2 Å². The summed E-state index contributed by atoms with van der Waals surface area (Å²) in [4.78, 5) is 24.2. The van der Waals surface area contributed by atoms with Gasteiger partial charge in [0.15, 0.2) is 6.17 Å². The molecule has 0 N–H and O–H groups in total. The SMILES string of the molecule is CC(F)(F)C(F)COC(=O)C12CCC(C)(C(=O)O1)C2(C)C. The summed E-state index contributed by atoms with van der Waals surface area (Å²) in [5, 5.41) is 0. The van der Waals surface area contributed by atoms with Crippen LogP contribution >= 0.6 is 0 Å². The number of ether oxygens (including phenoxy) is 2. The molecule has 0 radical (unpaired) electrons. The first-order valence-electron chi connectivity index (χ1n) is 6.81. The highest BCUT2D eigenvalue weighted by Crippen LogP contribution is 2.65. The van der Waals surface area contributed by atoms with Crippen LogP contribution in [0.2, 0.25) is 0 Å². The van der Waals surface area contributed by atoms with Crippen LogP contribution in [-0.2, 0) is 19.1 Å². The van der Waals surface area contributed by atoms with Gasteiger partial charge in [-0.3, -0.25) is 4.79 Å². The standard InChI is InChI=1S/C14H19F3O4/c1-11(2)12(3)5-6-14(11,21-9(12)18)10(19)20-7-8(15)13(4,16)17/h8H,5-7H2,1-4H3. The van der Waals surface area contributed by atoms with Gasteiger partial charge in [0.05, 0.1) is 5.41 Å². The molecule has 2 fully saturated rings. The number of carbonyl (C=O) groups excluding carboxylic acids is 2. The van der Waals surface area contributed by atoms with E-state index in [0.29, 0.717) is 13.3 Å². The van der Waals surface area contributed by atoms with Crippen LogP contribution in [0.15, 0.2) is 0 Å². The number of fused-ring (bicyclic) bond motifs is 2. The molecule has 1 heterocycles. The monoisotopic (exact) mass is 308 g/mol. The number of hydrogen-bond donors (Lipinski definition) is 0. The third-order valence-electron chi connectivity index (χ3n) is 5.32. The number of hydrogen-bond acceptors (Lipinski definition) is 4. The van der Waals surface area contributed by atoms with E-state index in [0.717, 1.165) is 0 Å². The molecule has 21 heavy (non-hydrogen) atoms. The van der Waals surface area contributed by atoms with Crippen molar-refractivity contribution in [3.63, 3.8) is 0 Å². The first-order valence-corrected chi connectivity index (χ1v) is 6.81. The molecule has 4 nitrogen and oxygen atoms in total. The Kier molecular flexibility index (Phi) is 3.35. The molecular formula is C14H19F3O4. The molecule has 2 rings (SSSR count). The summed E-state index contributed by atoms with van der Waals surface area (Å²) in [7, 11) is 0. The summed E-state index contributed by atoms with van der Waals surface area (Å²) in [6, 6.07) is 0. The Labute approximate surface area is 121 Å². The van der Waals surface area contributed by atoms with Crippen molar-refractivity contribution < 1.29 is 32.2 Å². The highest BCUT2D eigenvalue weighted by atomic mass is 19.3. The zero-order valence-corrected chi connectivity index (χ0v) is 12.5. The fourth-order valence-electron chi connectivity index (χ4n) is 3.11. The van der Waals surface area contributed by atoms with Gasteiger partial charge in [-0.1, -0.05) is 13.8 Å². The van der Waals surface area contributed by atoms with E-state index in [2.05, 4.69) is 0 Å². The summed E-state index contributed by atoms with van der Waals surface area (Å²) in [6.07, 6.45) is -1.90. The quantitative estimate of drug-likeness (QED) is 0.749. The molecule has 3 atom stereocenters. The van der Waals surface area contributed by atoms with Gasteiger partial charge in [-0.05, 0) is 19.8 Å². The summed E-state index contributed by atoms with van der Waals surface area (Å²) in [5.41, 5.74) is -3.17. The highest BCUT2D eigenvalue weighted by molar-refractivity contribution is 5.93. The van der Waals surface area contributed by atoms with Crippen LogP contribution in [-0.4, -0.2) is 36.2 Å². The maximum absolute atomic E-state index is 13.2. The van der Waals surface area contributed by atoms with Crippen LogP contribution in [0.1, 0.15) is 40.5 Å². The van der Waals surface area contributed by atoms with Crippen molar-refractivity contribution in [2.75, 3.05) is 6.61 Å². The zero-order valence-electron chi connectivity index (χ0n) is 12.5. The predicted octanol–water partition coefficient (Wildman–Crippen LogP) is 2.64. The van der Waals surface area contributed by atoms with Gasteiger partial charge in [0.25, 0.3) is 5.92 Å². The summed E-state index contributed by atoms with van der Waals surface area (Å²) < 4.78 is 48.6. The van der Waals surface area contributed by atoms with Crippen molar-refractivity contribution in [2.24, 2.45) is 10.8 Å². The maximum Gasteiger partial charge on any atom is 0.351 e. The van der Waals surface area contributed by atoms with E-state index in [-0.39, 0.29) is 6.42 Å². The van der Waals surface area contributed by atoms with Crippen molar-refractivity contribution in [1.29, 1.82) is 0 Å². The molecule has 7 heteroatoms. The molecule has 120 valence electrons. The molecule has 1 saturated heterocycles. The van der Waals surface area contributed by atoms with Gasteiger partial charge in [-0.2, -0.15) is 0 Å². The Morgan fingerprint density at radius 2 is 1.95 bits per heavy atom. The molecule has 1 saturated carbocycles. The first-order chi connectivity index (χ1) is 9.38. The fourth-order valence-corrected chi connectivity index (χ4v) is 3.11. The van der Waals surface area contributed by atoms with E-state index in [1.807, 2.05) is 0 Å². The minimum atomic E-state index is -3.59. The molecule has 0 spiro atoms. The molecule has 0 amide bonds. The smallest absolute Gasteiger partial charge is 0.351 e. The molecule has 2 bridgehead atoms. The van der Waals surface area contributed by atoms with Crippen molar-refractivity contribution in [3.05, 3.63) is 0 Å². The van der Waals surface area contributed by atoms with Crippen LogP contribution in [0.25, 0.3) is 0 Å². The molecular weight excluding hydrogens is 289 g/mol. The molecule has 3 unspecified atom stereocenters.